The molecule has 6 amide bonds. The zero-order chi connectivity index (χ0) is 59.0. The van der Waals surface area contributed by atoms with Crippen LogP contribution in [0.4, 0.5) is 57.4 Å². The van der Waals surface area contributed by atoms with Gasteiger partial charge in [-0.1, -0.05) is 42.6 Å². The average molecular weight is 1150 g/mol. The lowest BCUT2D eigenvalue weighted by molar-refractivity contribution is -0.143. The van der Waals surface area contributed by atoms with Gasteiger partial charge in [0.25, 0.3) is 0 Å². The highest BCUT2D eigenvalue weighted by molar-refractivity contribution is 6.62. The van der Waals surface area contributed by atoms with Crippen LogP contribution in [-0.4, -0.2) is 161 Å². The maximum absolute atomic E-state index is 12.8. The predicted octanol–water partition coefficient (Wildman–Crippen LogP) is 9.79. The van der Waals surface area contributed by atoms with E-state index in [0.29, 0.717) is 67.7 Å². The van der Waals surface area contributed by atoms with Crippen LogP contribution in [-0.2, 0) is 28.4 Å². The molecule has 18 nitrogen and oxygen atoms in total. The molecule has 0 unspecified atom stereocenters. The molecule has 2 N–H and O–H groups in total. The number of hydrogen-bond donors (Lipinski definition) is 2. The zero-order valence-electron chi connectivity index (χ0n) is 48.7. The quantitative estimate of drug-likeness (QED) is 0.144. The zero-order valence-corrected chi connectivity index (χ0v) is 49.4. The number of benzene rings is 2. The second-order valence-electron chi connectivity index (χ2n) is 22.4. The third kappa shape index (κ3) is 16.5. The number of carbonyl (C=O) groups excluding carboxylic acids is 4. The first-order valence-electron chi connectivity index (χ1n) is 27.8. The molecule has 81 heavy (non-hydrogen) atoms. The van der Waals surface area contributed by atoms with Crippen molar-refractivity contribution in [3.8, 4) is 11.1 Å². The monoisotopic (exact) mass is 1150 g/mol. The van der Waals surface area contributed by atoms with Crippen molar-refractivity contribution < 1.29 is 51.1 Å². The number of anilines is 6. The van der Waals surface area contributed by atoms with Gasteiger partial charge in [0.05, 0.1) is 37.6 Å². The SMILES string of the molecule is CC(=O)N(C)c1cc(Cl)cc(N2CCOCC2)n1.CC[C@@H]1CCN(C(=O)Nc2ccc(C)c(-c3cc(N4CCOCC4)nc(N(C)C(C)=O)c3)c2)C1.Cc1ccc(NC(=O)N2CC[C@@H](CC(F)(F)F)C2)cc1B1OC(C)(C)C(C)(C)O1. The molecule has 440 valence electrons. The minimum Gasteiger partial charge on any atom is -0.399 e. The van der Waals surface area contributed by atoms with Crippen LogP contribution in [0.1, 0.15) is 85.3 Å². The number of pyridine rings is 2. The summed E-state index contributed by atoms with van der Waals surface area (Å²) in [4.78, 5) is 68.7. The summed E-state index contributed by atoms with van der Waals surface area (Å²) in [5, 5.41) is 6.45. The molecule has 9 rings (SSSR count). The summed E-state index contributed by atoms with van der Waals surface area (Å²) in [5.74, 6) is 2.67. The van der Waals surface area contributed by atoms with Crippen LogP contribution in [0.5, 0.6) is 0 Å². The number of aryl methyl sites for hydroxylation is 2. The molecule has 0 bridgehead atoms. The first kappa shape index (κ1) is 62.4. The van der Waals surface area contributed by atoms with E-state index in [2.05, 4.69) is 45.3 Å². The molecule has 5 aliphatic heterocycles. The maximum Gasteiger partial charge on any atom is 0.495 e. The molecular weight excluding hydrogens is 1070 g/mol. The highest BCUT2D eigenvalue weighted by atomic mass is 35.5. The number of aromatic nitrogens is 2. The molecule has 5 saturated heterocycles. The summed E-state index contributed by atoms with van der Waals surface area (Å²) >= 11 is 6.08. The van der Waals surface area contributed by atoms with Crippen LogP contribution in [0.2, 0.25) is 5.02 Å². The maximum atomic E-state index is 12.8. The number of rotatable bonds is 10. The van der Waals surface area contributed by atoms with E-state index in [0.717, 1.165) is 97.1 Å². The molecule has 5 aliphatic rings. The number of alkyl halides is 3. The Morgan fingerprint density at radius 1 is 0.679 bits per heavy atom. The number of urea groups is 2. The molecular formula is C58H79BClF3N10O8. The Labute approximate surface area is 480 Å². The Bertz CT molecular complexity index is 2860. The molecule has 0 radical (unpaired) electrons. The number of amides is 6. The van der Waals surface area contributed by atoms with Gasteiger partial charge >= 0.3 is 25.4 Å². The van der Waals surface area contributed by atoms with Crippen LogP contribution in [0.15, 0.2) is 60.7 Å². The molecule has 7 heterocycles. The van der Waals surface area contributed by atoms with Crippen LogP contribution in [0, 0.1) is 25.7 Å². The molecule has 0 spiro atoms. The van der Waals surface area contributed by atoms with Crippen molar-refractivity contribution in [2.24, 2.45) is 11.8 Å². The number of carbonyl (C=O) groups is 4. The molecule has 0 saturated carbocycles. The van der Waals surface area contributed by atoms with Gasteiger partial charge in [-0.25, -0.2) is 19.6 Å². The van der Waals surface area contributed by atoms with Crippen molar-refractivity contribution in [2.45, 2.75) is 105 Å². The number of likely N-dealkylation sites (tertiary alicyclic amines) is 2. The minimum atomic E-state index is -4.20. The van der Waals surface area contributed by atoms with Gasteiger partial charge < -0.3 is 58.8 Å². The van der Waals surface area contributed by atoms with Crippen LogP contribution in [0.3, 0.4) is 0 Å². The van der Waals surface area contributed by atoms with Gasteiger partial charge in [0, 0.05) is 103 Å². The molecule has 23 heteroatoms. The summed E-state index contributed by atoms with van der Waals surface area (Å²) in [6.07, 6.45) is -2.53. The largest absolute Gasteiger partial charge is 0.495 e. The van der Waals surface area contributed by atoms with E-state index < -0.39 is 42.9 Å². The van der Waals surface area contributed by atoms with Crippen molar-refractivity contribution in [2.75, 3.05) is 123 Å². The van der Waals surface area contributed by atoms with Crippen LogP contribution < -0.4 is 35.7 Å². The molecule has 2 atom stereocenters. The second kappa shape index (κ2) is 26.8. The van der Waals surface area contributed by atoms with Crippen molar-refractivity contribution in [1.82, 2.24) is 19.8 Å². The first-order valence-corrected chi connectivity index (χ1v) is 28.2. The van der Waals surface area contributed by atoms with E-state index in [9.17, 15) is 32.3 Å². The van der Waals surface area contributed by atoms with Gasteiger partial charge in [0.1, 0.15) is 23.3 Å². The second-order valence-corrected chi connectivity index (χ2v) is 22.8. The Hall–Kier alpha value is -6.20. The summed E-state index contributed by atoms with van der Waals surface area (Å²) < 4.78 is 60.7. The van der Waals surface area contributed by atoms with Gasteiger partial charge in [0.2, 0.25) is 11.8 Å². The van der Waals surface area contributed by atoms with E-state index in [4.69, 9.17) is 35.4 Å². The fourth-order valence-electron chi connectivity index (χ4n) is 9.92. The standard InChI is InChI=1S/C26H35N5O3.C20H28BF3N2O3.C12H16ClN3O2/c1-5-20-8-9-31(17-20)26(33)27-22-7-6-18(2)23(16-22)21-14-24(29(4)19(3)32)28-25(15-21)30-10-12-34-13-11-30;1-13-6-7-15(10-16(13)21-28-18(2,3)19(4,5)29-21)25-17(27)26-9-8-14(12-26)11-20(22,23)24;1-9(17)15(2)11-7-10(13)8-12(14-11)16-3-5-18-6-4-16/h6-7,14-16,20H,5,8-13,17H2,1-4H3,(H,27,33);6-7,10,14H,8-9,11-12H2,1-5H3,(H,25,27);7-8H,3-6H2,1-2H3/t20-;14-;/m10./s1. The van der Waals surface area contributed by atoms with Gasteiger partial charge in [-0.3, -0.25) is 9.59 Å². The van der Waals surface area contributed by atoms with Crippen molar-refractivity contribution >= 4 is 82.7 Å². The fourth-order valence-corrected chi connectivity index (χ4v) is 10.1. The predicted molar refractivity (Wildman–Crippen MR) is 313 cm³/mol. The van der Waals surface area contributed by atoms with Crippen molar-refractivity contribution in [1.29, 1.82) is 0 Å². The molecule has 4 aromatic rings. The summed E-state index contributed by atoms with van der Waals surface area (Å²) in [6.45, 7) is 24.9. The van der Waals surface area contributed by atoms with Crippen molar-refractivity contribution in [3.05, 3.63) is 76.8 Å². The third-order valence-electron chi connectivity index (χ3n) is 15.9. The van der Waals surface area contributed by atoms with E-state index in [1.807, 2.05) is 75.9 Å². The number of morpholine rings is 2. The van der Waals surface area contributed by atoms with E-state index in [1.54, 1.807) is 37.2 Å². The Balaban J connectivity index is 0.000000183. The van der Waals surface area contributed by atoms with Gasteiger partial charge in [-0.15, -0.1) is 0 Å². The Morgan fingerprint density at radius 2 is 1.15 bits per heavy atom. The summed E-state index contributed by atoms with van der Waals surface area (Å²) in [6, 6.07) is 18.5. The smallest absolute Gasteiger partial charge is 0.399 e. The summed E-state index contributed by atoms with van der Waals surface area (Å²) in [7, 11) is 2.87. The Kier molecular flexibility index (Phi) is 20.7. The van der Waals surface area contributed by atoms with Crippen molar-refractivity contribution in [3.63, 3.8) is 0 Å². The summed E-state index contributed by atoms with van der Waals surface area (Å²) in [5.41, 5.74) is 5.19. The highest BCUT2D eigenvalue weighted by Gasteiger charge is 2.52. The van der Waals surface area contributed by atoms with Crippen LogP contribution >= 0.6 is 11.6 Å². The number of nitrogens with zero attached hydrogens (tertiary/aromatic N) is 8. The van der Waals surface area contributed by atoms with E-state index in [1.165, 1.54) is 23.6 Å². The van der Waals surface area contributed by atoms with Gasteiger partial charge in [-0.05, 0) is 137 Å². The number of ether oxygens (including phenoxy) is 2. The average Bonchev–Trinajstić information content (AvgIpc) is 4.35. The molecule has 2 aromatic heterocycles. The molecule has 2 aromatic carbocycles. The lowest BCUT2D eigenvalue weighted by atomic mass is 9.76. The fraction of sp³-hybridized carbons (Fsp3) is 0.552. The third-order valence-corrected chi connectivity index (χ3v) is 16.2. The molecule has 0 aliphatic carbocycles. The first-order chi connectivity index (χ1) is 38.2. The van der Waals surface area contributed by atoms with Gasteiger partial charge in [-0.2, -0.15) is 13.2 Å². The van der Waals surface area contributed by atoms with E-state index in [-0.39, 0.29) is 24.4 Å². The van der Waals surface area contributed by atoms with Crippen LogP contribution in [0.25, 0.3) is 11.1 Å². The minimum absolute atomic E-state index is 0.0495. The van der Waals surface area contributed by atoms with E-state index >= 15 is 0 Å². The number of nitrogens with one attached hydrogen (secondary N) is 2. The lowest BCUT2D eigenvalue weighted by Crippen LogP contribution is -2.41. The highest BCUT2D eigenvalue weighted by Crippen LogP contribution is 2.38. The topological polar surface area (TPSA) is 174 Å². The Morgan fingerprint density at radius 3 is 1.64 bits per heavy atom. The molecule has 5 fully saturated rings. The number of hydrogen-bond acceptors (Lipinski definition) is 12. The van der Waals surface area contributed by atoms with Gasteiger partial charge in [0.15, 0.2) is 0 Å². The number of halogens is 4. The normalized spacial score (nSPS) is 19.5. The lowest BCUT2D eigenvalue weighted by Gasteiger charge is -2.32.